The molecule has 0 spiro atoms. The van der Waals surface area contributed by atoms with Gasteiger partial charge in [0.25, 0.3) is 5.91 Å². The van der Waals surface area contributed by atoms with Gasteiger partial charge >= 0.3 is 5.97 Å². The van der Waals surface area contributed by atoms with E-state index >= 15 is 0 Å². The number of aromatic nitrogens is 1. The van der Waals surface area contributed by atoms with Gasteiger partial charge in [0.05, 0.1) is 17.1 Å². The number of ether oxygens (including phenoxy) is 1. The summed E-state index contributed by atoms with van der Waals surface area (Å²) in [7, 11) is 0. The Hall–Kier alpha value is -2.41. The summed E-state index contributed by atoms with van der Waals surface area (Å²) >= 11 is 1.50. The molecule has 1 N–H and O–H groups in total. The first-order chi connectivity index (χ1) is 11.1. The summed E-state index contributed by atoms with van der Waals surface area (Å²) in [6.45, 7) is 1.09. The Morgan fingerprint density at radius 3 is 3.00 bits per heavy atom. The van der Waals surface area contributed by atoms with Crippen molar-refractivity contribution in [2.75, 3.05) is 13.1 Å². The Balaban J connectivity index is 1.65. The van der Waals surface area contributed by atoms with Gasteiger partial charge in [-0.1, -0.05) is 6.07 Å². The second-order valence-corrected chi connectivity index (χ2v) is 6.09. The van der Waals surface area contributed by atoms with E-state index in [1.165, 1.54) is 11.3 Å². The van der Waals surface area contributed by atoms with Crippen LogP contribution in [0.15, 0.2) is 35.2 Å². The highest BCUT2D eigenvalue weighted by molar-refractivity contribution is 7.07. The summed E-state index contributed by atoms with van der Waals surface area (Å²) in [6.07, 6.45) is 0.501. The average molecular weight is 332 g/mol. The third-order valence-electron chi connectivity index (χ3n) is 3.78. The van der Waals surface area contributed by atoms with E-state index in [4.69, 9.17) is 9.84 Å². The van der Waals surface area contributed by atoms with Crippen molar-refractivity contribution in [3.05, 3.63) is 46.4 Å². The number of nitrogens with zero attached hydrogens (tertiary/aromatic N) is 2. The minimum atomic E-state index is -0.847. The van der Waals surface area contributed by atoms with Gasteiger partial charge in [0.1, 0.15) is 12.4 Å². The molecule has 1 saturated heterocycles. The Morgan fingerprint density at radius 1 is 1.43 bits per heavy atom. The van der Waals surface area contributed by atoms with E-state index in [1.807, 2.05) is 5.38 Å². The fourth-order valence-corrected chi connectivity index (χ4v) is 3.06. The quantitative estimate of drug-likeness (QED) is 0.908. The average Bonchev–Trinajstić information content (AvgIpc) is 3.24. The minimum absolute atomic E-state index is 0.159. The van der Waals surface area contributed by atoms with E-state index in [9.17, 15) is 9.59 Å². The molecule has 120 valence electrons. The molecule has 2 heterocycles. The Kier molecular flexibility index (Phi) is 4.57. The molecule has 1 aromatic heterocycles. The van der Waals surface area contributed by atoms with Crippen LogP contribution in [0.1, 0.15) is 22.5 Å². The van der Waals surface area contributed by atoms with Crippen LogP contribution < -0.4 is 4.74 Å². The maximum absolute atomic E-state index is 12.5. The zero-order valence-electron chi connectivity index (χ0n) is 12.3. The number of amides is 1. The number of carbonyl (C=O) groups excluding carboxylic acids is 1. The van der Waals surface area contributed by atoms with Crippen LogP contribution in [0.4, 0.5) is 0 Å². The van der Waals surface area contributed by atoms with Gasteiger partial charge in [-0.3, -0.25) is 9.59 Å². The molecule has 1 aromatic carbocycles. The summed E-state index contributed by atoms with van der Waals surface area (Å²) < 4.78 is 5.64. The molecule has 0 unspecified atom stereocenters. The number of rotatable bonds is 5. The molecule has 7 heteroatoms. The normalized spacial score (nSPS) is 17.2. The van der Waals surface area contributed by atoms with Crippen LogP contribution in [0.3, 0.4) is 0 Å². The van der Waals surface area contributed by atoms with Crippen LogP contribution in [0.2, 0.25) is 0 Å². The second-order valence-electron chi connectivity index (χ2n) is 5.37. The van der Waals surface area contributed by atoms with Crippen molar-refractivity contribution in [3.63, 3.8) is 0 Å². The predicted molar refractivity (Wildman–Crippen MR) is 84.5 cm³/mol. The number of carboxylic acid groups (broad SMARTS) is 1. The molecule has 2 aromatic rings. The Labute approximate surface area is 137 Å². The molecule has 3 rings (SSSR count). The maximum atomic E-state index is 12.5. The standard InChI is InChI=1S/C16H16N2O4S/c19-15(18-5-4-12(7-18)16(20)21)11-2-1-3-14(6-11)22-8-13-9-23-10-17-13/h1-3,6,9-10,12H,4-5,7-8H2,(H,20,21)/t12-/m0/s1. The van der Waals surface area contributed by atoms with Crippen LogP contribution >= 0.6 is 11.3 Å². The fraction of sp³-hybridized carbons (Fsp3) is 0.312. The van der Waals surface area contributed by atoms with Gasteiger partial charge in [-0.25, -0.2) is 4.98 Å². The van der Waals surface area contributed by atoms with E-state index in [0.29, 0.717) is 30.9 Å². The number of aliphatic carboxylic acids is 1. The highest BCUT2D eigenvalue weighted by Crippen LogP contribution is 2.21. The third-order valence-corrected chi connectivity index (χ3v) is 4.41. The molecule has 1 aliphatic rings. The summed E-state index contributed by atoms with van der Waals surface area (Å²) in [5, 5.41) is 10.9. The van der Waals surface area contributed by atoms with Crippen molar-refractivity contribution in [3.8, 4) is 5.75 Å². The lowest BCUT2D eigenvalue weighted by Gasteiger charge is -2.16. The maximum Gasteiger partial charge on any atom is 0.308 e. The molecule has 0 radical (unpaired) electrons. The molecular weight excluding hydrogens is 316 g/mol. The van der Waals surface area contributed by atoms with Gasteiger partial charge in [0.2, 0.25) is 0 Å². The number of likely N-dealkylation sites (tertiary alicyclic amines) is 1. The summed E-state index contributed by atoms with van der Waals surface area (Å²) in [6, 6.07) is 6.94. The largest absolute Gasteiger partial charge is 0.487 e. The fourth-order valence-electron chi connectivity index (χ4n) is 2.51. The lowest BCUT2D eigenvalue weighted by atomic mass is 10.1. The molecule has 6 nitrogen and oxygen atoms in total. The first kappa shape index (κ1) is 15.5. The number of hydrogen-bond acceptors (Lipinski definition) is 5. The van der Waals surface area contributed by atoms with E-state index in [0.717, 1.165) is 5.69 Å². The third kappa shape index (κ3) is 3.68. The van der Waals surface area contributed by atoms with Crippen molar-refractivity contribution in [2.24, 2.45) is 5.92 Å². The monoisotopic (exact) mass is 332 g/mol. The highest BCUT2D eigenvalue weighted by atomic mass is 32.1. The summed E-state index contributed by atoms with van der Waals surface area (Å²) in [5.41, 5.74) is 3.09. The Morgan fingerprint density at radius 2 is 2.30 bits per heavy atom. The molecule has 1 amide bonds. The van der Waals surface area contributed by atoms with Crippen LogP contribution in [-0.4, -0.2) is 40.0 Å². The van der Waals surface area contributed by atoms with E-state index in [-0.39, 0.29) is 12.5 Å². The smallest absolute Gasteiger partial charge is 0.308 e. The highest BCUT2D eigenvalue weighted by Gasteiger charge is 2.31. The first-order valence-electron chi connectivity index (χ1n) is 7.25. The zero-order valence-corrected chi connectivity index (χ0v) is 13.2. The Bertz CT molecular complexity index is 702. The molecule has 0 saturated carbocycles. The lowest BCUT2D eigenvalue weighted by molar-refractivity contribution is -0.141. The predicted octanol–water partition coefficient (Wildman–Crippen LogP) is 2.27. The topological polar surface area (TPSA) is 79.7 Å². The number of hydrogen-bond donors (Lipinski definition) is 1. The lowest BCUT2D eigenvalue weighted by Crippen LogP contribution is -2.29. The van der Waals surface area contributed by atoms with Gasteiger partial charge in [0, 0.05) is 24.0 Å². The van der Waals surface area contributed by atoms with E-state index < -0.39 is 11.9 Å². The van der Waals surface area contributed by atoms with Gasteiger partial charge in [-0.05, 0) is 24.6 Å². The second kappa shape index (κ2) is 6.78. The molecule has 0 bridgehead atoms. The number of benzene rings is 1. The van der Waals surface area contributed by atoms with Crippen molar-refractivity contribution in [1.29, 1.82) is 0 Å². The van der Waals surface area contributed by atoms with E-state index in [2.05, 4.69) is 4.98 Å². The molecule has 23 heavy (non-hydrogen) atoms. The molecule has 0 aliphatic carbocycles. The van der Waals surface area contributed by atoms with Crippen molar-refractivity contribution in [1.82, 2.24) is 9.88 Å². The van der Waals surface area contributed by atoms with Crippen molar-refractivity contribution >= 4 is 23.2 Å². The zero-order chi connectivity index (χ0) is 16.2. The minimum Gasteiger partial charge on any atom is -0.487 e. The first-order valence-corrected chi connectivity index (χ1v) is 8.20. The number of thiazole rings is 1. The van der Waals surface area contributed by atoms with Crippen molar-refractivity contribution in [2.45, 2.75) is 13.0 Å². The van der Waals surface area contributed by atoms with Gasteiger partial charge < -0.3 is 14.7 Å². The summed E-state index contributed by atoms with van der Waals surface area (Å²) in [5.74, 6) is -0.880. The van der Waals surface area contributed by atoms with E-state index in [1.54, 1.807) is 34.7 Å². The molecule has 1 aliphatic heterocycles. The SMILES string of the molecule is O=C(O)[C@H]1CCN(C(=O)c2cccc(OCc3cscn3)c2)C1. The van der Waals surface area contributed by atoms with Crippen LogP contribution in [0.5, 0.6) is 5.75 Å². The van der Waals surface area contributed by atoms with Gasteiger partial charge in [0.15, 0.2) is 0 Å². The van der Waals surface area contributed by atoms with Gasteiger partial charge in [-0.15, -0.1) is 11.3 Å². The number of carboxylic acids is 1. The molecular formula is C16H16N2O4S. The molecule has 1 atom stereocenters. The molecule has 1 fully saturated rings. The van der Waals surface area contributed by atoms with Crippen LogP contribution in [-0.2, 0) is 11.4 Å². The number of carbonyl (C=O) groups is 2. The van der Waals surface area contributed by atoms with Crippen LogP contribution in [0.25, 0.3) is 0 Å². The van der Waals surface area contributed by atoms with Gasteiger partial charge in [-0.2, -0.15) is 0 Å². The summed E-state index contributed by atoms with van der Waals surface area (Å²) in [4.78, 5) is 29.2. The van der Waals surface area contributed by atoms with Crippen LogP contribution in [0, 0.1) is 5.92 Å². The van der Waals surface area contributed by atoms with Crippen molar-refractivity contribution < 1.29 is 19.4 Å².